The molecule has 8 heteroatoms. The number of benzene rings is 1. The number of amides is 3. The number of hydrogen-bond donors (Lipinski definition) is 1. The molecule has 1 N–H and O–H groups in total. The summed E-state index contributed by atoms with van der Waals surface area (Å²) >= 11 is 1.67. The van der Waals surface area contributed by atoms with Crippen molar-refractivity contribution >= 4 is 29.5 Å². The number of likely N-dealkylation sites (tertiary alicyclic amines) is 1. The number of thioether (sulfide) groups is 1. The van der Waals surface area contributed by atoms with Crippen LogP contribution in [0.4, 0.5) is 0 Å². The van der Waals surface area contributed by atoms with Gasteiger partial charge in [-0.2, -0.15) is 0 Å². The molecule has 3 heterocycles. The van der Waals surface area contributed by atoms with E-state index in [9.17, 15) is 19.5 Å². The Morgan fingerprint density at radius 1 is 1.15 bits per heavy atom. The molecule has 1 spiro atoms. The topological polar surface area (TPSA) is 81.2 Å². The molecule has 3 aliphatic heterocycles. The zero-order valence-electron chi connectivity index (χ0n) is 23.7. The van der Waals surface area contributed by atoms with Gasteiger partial charge >= 0.3 is 0 Å². The standard InChI is InChI=1S/C31H43N3O4S/c1-7-17-32(18-8-2)27(36)24-25-28(37)34(23(20-35)22-13-11-10-12-14-22)26(29(38)33(19-9-3)21(4)5)31(25)16-15-30(24,6)39-31/h7,9-14,21,23-26,35H,1,3,8,15-20H2,2,4-6H3/t23-,24-,25+,26?,30+,31?/m1/s1. The molecule has 212 valence electrons. The fourth-order valence-electron chi connectivity index (χ4n) is 7.15. The van der Waals surface area contributed by atoms with Crippen molar-refractivity contribution < 1.29 is 19.5 Å². The first kappa shape index (κ1) is 29.4. The van der Waals surface area contributed by atoms with Crippen LogP contribution in [0.1, 0.15) is 58.6 Å². The highest BCUT2D eigenvalue weighted by Crippen LogP contribution is 2.72. The van der Waals surface area contributed by atoms with Crippen molar-refractivity contribution in [3.8, 4) is 0 Å². The number of nitrogens with zero attached hydrogens (tertiary/aromatic N) is 3. The van der Waals surface area contributed by atoms with E-state index in [-0.39, 0.29) is 30.4 Å². The van der Waals surface area contributed by atoms with Gasteiger partial charge in [0, 0.05) is 30.4 Å². The molecule has 0 radical (unpaired) electrons. The van der Waals surface area contributed by atoms with E-state index >= 15 is 0 Å². The highest BCUT2D eigenvalue weighted by atomic mass is 32.2. The second-order valence-corrected chi connectivity index (χ2v) is 13.4. The highest BCUT2D eigenvalue weighted by molar-refractivity contribution is 8.02. The molecule has 7 nitrogen and oxygen atoms in total. The Kier molecular flexibility index (Phi) is 8.67. The molecule has 39 heavy (non-hydrogen) atoms. The molecule has 3 saturated heterocycles. The van der Waals surface area contributed by atoms with Crippen molar-refractivity contribution in [3.63, 3.8) is 0 Å². The van der Waals surface area contributed by atoms with E-state index in [0.717, 1.165) is 18.4 Å². The zero-order chi connectivity index (χ0) is 28.5. The average molecular weight is 554 g/mol. The molecule has 0 aromatic heterocycles. The van der Waals surface area contributed by atoms with Crippen molar-refractivity contribution in [1.29, 1.82) is 0 Å². The number of aliphatic hydroxyl groups is 1. The van der Waals surface area contributed by atoms with Gasteiger partial charge in [0.1, 0.15) is 6.04 Å². The first-order valence-corrected chi connectivity index (χ1v) is 14.9. The maximum absolute atomic E-state index is 14.6. The summed E-state index contributed by atoms with van der Waals surface area (Å²) in [5, 5.41) is 10.7. The van der Waals surface area contributed by atoms with Crippen molar-refractivity contribution in [2.45, 2.75) is 74.6 Å². The molecule has 2 unspecified atom stereocenters. The lowest BCUT2D eigenvalue weighted by molar-refractivity contribution is -0.148. The van der Waals surface area contributed by atoms with Crippen LogP contribution in [0.5, 0.6) is 0 Å². The first-order valence-electron chi connectivity index (χ1n) is 14.1. The summed E-state index contributed by atoms with van der Waals surface area (Å²) in [5.41, 5.74) is 0.773. The minimum atomic E-state index is -0.793. The Morgan fingerprint density at radius 2 is 1.82 bits per heavy atom. The third kappa shape index (κ3) is 4.73. The van der Waals surface area contributed by atoms with Gasteiger partial charge in [0.05, 0.1) is 29.2 Å². The lowest BCUT2D eigenvalue weighted by atomic mass is 9.66. The molecule has 0 aliphatic carbocycles. The van der Waals surface area contributed by atoms with Crippen molar-refractivity contribution in [2.24, 2.45) is 11.8 Å². The van der Waals surface area contributed by atoms with E-state index in [4.69, 9.17) is 0 Å². The van der Waals surface area contributed by atoms with Crippen LogP contribution in [-0.4, -0.2) is 85.3 Å². The van der Waals surface area contributed by atoms with E-state index in [1.165, 1.54) is 0 Å². The van der Waals surface area contributed by atoms with Gasteiger partial charge in [0.15, 0.2) is 0 Å². The quantitative estimate of drug-likeness (QED) is 0.395. The van der Waals surface area contributed by atoms with Crippen molar-refractivity contribution in [1.82, 2.24) is 14.7 Å². The second kappa shape index (κ2) is 11.5. The monoisotopic (exact) mass is 553 g/mol. The number of aliphatic hydroxyl groups excluding tert-OH is 1. The third-order valence-corrected chi connectivity index (χ3v) is 10.8. The number of carbonyl (C=O) groups is 3. The van der Waals surface area contributed by atoms with Gasteiger partial charge < -0.3 is 19.8 Å². The Morgan fingerprint density at radius 3 is 2.38 bits per heavy atom. The molecule has 1 aromatic carbocycles. The van der Waals surface area contributed by atoms with Crippen LogP contribution >= 0.6 is 11.8 Å². The van der Waals surface area contributed by atoms with Crippen LogP contribution in [-0.2, 0) is 14.4 Å². The summed E-state index contributed by atoms with van der Waals surface area (Å²) in [4.78, 5) is 48.5. The Bertz CT molecular complexity index is 1110. The SMILES string of the molecule is C=CCN(CCC)C(=O)[C@H]1[C@H]2C(=O)N([C@H](CO)c3ccccc3)C(C(=O)N(CC=C)C(C)C)C23CC[C@]1(C)S3. The smallest absolute Gasteiger partial charge is 0.247 e. The Balaban J connectivity index is 1.87. The fourth-order valence-corrected chi connectivity index (χ4v) is 9.48. The zero-order valence-corrected chi connectivity index (χ0v) is 24.5. The molecule has 6 atom stereocenters. The summed E-state index contributed by atoms with van der Waals surface area (Å²) in [7, 11) is 0. The van der Waals surface area contributed by atoms with Crippen molar-refractivity contribution in [3.05, 3.63) is 61.2 Å². The molecular formula is C31H43N3O4S. The Labute approximate surface area is 237 Å². The predicted molar refractivity (Wildman–Crippen MR) is 156 cm³/mol. The van der Waals surface area contributed by atoms with Gasteiger partial charge in [0.25, 0.3) is 0 Å². The van der Waals surface area contributed by atoms with Gasteiger partial charge in [-0.25, -0.2) is 0 Å². The van der Waals surface area contributed by atoms with Crippen LogP contribution < -0.4 is 0 Å². The summed E-state index contributed by atoms with van der Waals surface area (Å²) in [5.74, 6) is -1.56. The molecule has 1 aromatic rings. The number of rotatable bonds is 12. The summed E-state index contributed by atoms with van der Waals surface area (Å²) in [6.45, 7) is 16.8. The van der Waals surface area contributed by atoms with E-state index in [1.807, 2.05) is 56.0 Å². The summed E-state index contributed by atoms with van der Waals surface area (Å²) in [6.07, 6.45) is 5.66. The van der Waals surface area contributed by atoms with E-state index in [2.05, 4.69) is 20.1 Å². The maximum Gasteiger partial charge on any atom is 0.247 e. The largest absolute Gasteiger partial charge is 0.394 e. The number of hydrogen-bond acceptors (Lipinski definition) is 5. The highest BCUT2D eigenvalue weighted by Gasteiger charge is 2.78. The average Bonchev–Trinajstić information content (AvgIpc) is 3.48. The van der Waals surface area contributed by atoms with E-state index in [1.54, 1.807) is 33.7 Å². The normalized spacial score (nSPS) is 29.8. The van der Waals surface area contributed by atoms with Crippen molar-refractivity contribution in [2.75, 3.05) is 26.2 Å². The summed E-state index contributed by atoms with van der Waals surface area (Å²) in [6, 6.07) is 7.82. The molecule has 4 rings (SSSR count). The van der Waals surface area contributed by atoms with Gasteiger partial charge in [0.2, 0.25) is 17.7 Å². The molecule has 3 fully saturated rings. The van der Waals surface area contributed by atoms with Crippen LogP contribution in [0.3, 0.4) is 0 Å². The minimum absolute atomic E-state index is 0.0354. The van der Waals surface area contributed by atoms with Gasteiger partial charge in [-0.05, 0) is 45.6 Å². The van der Waals surface area contributed by atoms with Gasteiger partial charge in [-0.3, -0.25) is 14.4 Å². The van der Waals surface area contributed by atoms with Gasteiger partial charge in [-0.1, -0.05) is 49.4 Å². The molecular weight excluding hydrogens is 510 g/mol. The number of carbonyl (C=O) groups excluding carboxylic acids is 3. The predicted octanol–water partition coefficient (Wildman–Crippen LogP) is 4.05. The molecule has 0 saturated carbocycles. The van der Waals surface area contributed by atoms with E-state index in [0.29, 0.717) is 26.1 Å². The fraction of sp³-hybridized carbons (Fsp3) is 0.581. The number of fused-ring (bicyclic) bond motifs is 1. The maximum atomic E-state index is 14.6. The van der Waals surface area contributed by atoms with E-state index < -0.39 is 33.4 Å². The molecule has 3 amide bonds. The Hall–Kier alpha value is -2.58. The van der Waals surface area contributed by atoms with Crippen LogP contribution in [0, 0.1) is 11.8 Å². The molecule has 3 aliphatic rings. The molecule has 2 bridgehead atoms. The lowest BCUT2D eigenvalue weighted by Gasteiger charge is -2.40. The van der Waals surface area contributed by atoms with Gasteiger partial charge in [-0.15, -0.1) is 24.9 Å². The lowest BCUT2D eigenvalue weighted by Crippen LogP contribution is -2.57. The van der Waals surface area contributed by atoms with Crippen LogP contribution in [0.2, 0.25) is 0 Å². The minimum Gasteiger partial charge on any atom is -0.394 e. The summed E-state index contributed by atoms with van der Waals surface area (Å²) < 4.78 is -1.19. The van der Waals surface area contributed by atoms with Crippen LogP contribution in [0.15, 0.2) is 55.6 Å². The van der Waals surface area contributed by atoms with Crippen LogP contribution in [0.25, 0.3) is 0 Å². The first-order chi connectivity index (χ1) is 18.6. The third-order valence-electron chi connectivity index (χ3n) is 8.79. The second-order valence-electron chi connectivity index (χ2n) is 11.5.